The summed E-state index contributed by atoms with van der Waals surface area (Å²) in [5.41, 5.74) is 2.30. The number of hydrogen-bond acceptors (Lipinski definition) is 1. The fourth-order valence-electron chi connectivity index (χ4n) is 2.38. The minimum absolute atomic E-state index is 0. The lowest BCUT2D eigenvalue weighted by Crippen LogP contribution is -2.39. The first-order valence-corrected chi connectivity index (χ1v) is 8.26. The average Bonchev–Trinajstić information content (AvgIpc) is 2.92. The number of benzene rings is 1. The number of aliphatic imine (C=N–C) groups is 1. The number of aryl methyl sites for hydroxylation is 1. The van der Waals surface area contributed by atoms with E-state index >= 15 is 0 Å². The highest BCUT2D eigenvalue weighted by atomic mass is 127. The van der Waals surface area contributed by atoms with Crippen molar-refractivity contribution in [3.05, 3.63) is 58.1 Å². The zero-order valence-electron chi connectivity index (χ0n) is 14.1. The topological polar surface area (TPSA) is 32.6 Å². The highest BCUT2D eigenvalue weighted by Gasteiger charge is 2.08. The maximum absolute atomic E-state index is 13.2. The molecule has 4 nitrogen and oxygen atoms in total. The van der Waals surface area contributed by atoms with Gasteiger partial charge in [-0.3, -0.25) is 4.99 Å². The molecule has 0 saturated heterocycles. The molecule has 24 heavy (non-hydrogen) atoms. The Morgan fingerprint density at radius 1 is 1.38 bits per heavy atom. The molecule has 0 aliphatic rings. The second kappa shape index (κ2) is 10.0. The molecule has 0 unspecified atom stereocenters. The van der Waals surface area contributed by atoms with Crippen molar-refractivity contribution in [1.29, 1.82) is 0 Å². The molecule has 0 aliphatic heterocycles. The molecule has 0 saturated carbocycles. The molecule has 0 bridgehead atoms. The molecule has 1 aromatic carbocycles. The molecule has 132 valence electrons. The van der Waals surface area contributed by atoms with E-state index in [9.17, 15) is 4.39 Å². The Morgan fingerprint density at radius 2 is 2.12 bits per heavy atom. The summed E-state index contributed by atoms with van der Waals surface area (Å²) >= 11 is 3.21. The van der Waals surface area contributed by atoms with Crippen LogP contribution in [-0.2, 0) is 20.0 Å². The lowest BCUT2D eigenvalue weighted by molar-refractivity contribution is 0.462. The van der Waals surface area contributed by atoms with Gasteiger partial charge in [0.15, 0.2) is 5.96 Å². The van der Waals surface area contributed by atoms with Crippen molar-refractivity contribution in [3.63, 3.8) is 0 Å². The number of hydrogen-bond donors (Lipinski definition) is 1. The lowest BCUT2D eigenvalue weighted by atomic mass is 10.1. The zero-order chi connectivity index (χ0) is 16.8. The average molecular weight is 509 g/mol. The second-order valence-corrected chi connectivity index (χ2v) is 6.29. The van der Waals surface area contributed by atoms with E-state index in [0.717, 1.165) is 31.0 Å². The standard InChI is InChI=1S/C17H22BrFN4.HI/c1-20-17(23(3)12-14-5-4-10-22(14)2)21-9-8-13-6-7-16(19)15(18)11-13;/h4-7,10-11H,8-9,12H2,1-3H3,(H,20,21);1H. The molecule has 1 heterocycles. The van der Waals surface area contributed by atoms with Crippen molar-refractivity contribution in [1.82, 2.24) is 14.8 Å². The molecule has 2 aromatic rings. The van der Waals surface area contributed by atoms with Crippen LogP contribution in [0.2, 0.25) is 0 Å². The van der Waals surface area contributed by atoms with Crippen LogP contribution in [0.15, 0.2) is 46.0 Å². The number of guanidine groups is 1. The van der Waals surface area contributed by atoms with Crippen molar-refractivity contribution in [2.45, 2.75) is 13.0 Å². The summed E-state index contributed by atoms with van der Waals surface area (Å²) in [6.45, 7) is 1.52. The molecule has 1 aromatic heterocycles. The van der Waals surface area contributed by atoms with Crippen LogP contribution in [0.5, 0.6) is 0 Å². The van der Waals surface area contributed by atoms with E-state index in [2.05, 4.69) is 41.8 Å². The highest BCUT2D eigenvalue weighted by Crippen LogP contribution is 2.16. The Labute approximate surface area is 168 Å². The van der Waals surface area contributed by atoms with Crippen LogP contribution >= 0.6 is 39.9 Å². The summed E-state index contributed by atoms with van der Waals surface area (Å²) in [5, 5.41) is 3.34. The molecule has 0 fully saturated rings. The molecule has 0 atom stereocenters. The van der Waals surface area contributed by atoms with Gasteiger partial charge in [0.05, 0.1) is 11.0 Å². The van der Waals surface area contributed by atoms with E-state index in [1.54, 1.807) is 13.1 Å². The summed E-state index contributed by atoms with van der Waals surface area (Å²) in [6.07, 6.45) is 2.83. The fourth-order valence-corrected chi connectivity index (χ4v) is 2.80. The van der Waals surface area contributed by atoms with E-state index in [1.165, 1.54) is 11.8 Å². The molecule has 7 heteroatoms. The third-order valence-corrected chi connectivity index (χ3v) is 4.31. The first-order chi connectivity index (χ1) is 11.0. The van der Waals surface area contributed by atoms with Crippen LogP contribution in [0.4, 0.5) is 4.39 Å². The summed E-state index contributed by atoms with van der Waals surface area (Å²) < 4.78 is 15.8. The van der Waals surface area contributed by atoms with Crippen molar-refractivity contribution in [2.24, 2.45) is 12.0 Å². The smallest absolute Gasteiger partial charge is 0.193 e. The van der Waals surface area contributed by atoms with Crippen LogP contribution in [0, 0.1) is 5.82 Å². The summed E-state index contributed by atoms with van der Waals surface area (Å²) in [4.78, 5) is 6.39. The summed E-state index contributed by atoms with van der Waals surface area (Å²) in [6, 6.07) is 9.23. The molecular weight excluding hydrogens is 486 g/mol. The molecule has 0 aliphatic carbocycles. The van der Waals surface area contributed by atoms with Crippen LogP contribution in [0.25, 0.3) is 0 Å². The molecule has 2 rings (SSSR count). The van der Waals surface area contributed by atoms with Crippen LogP contribution in [-0.4, -0.2) is 36.1 Å². The van der Waals surface area contributed by atoms with Gasteiger partial charge in [-0.2, -0.15) is 0 Å². The quantitative estimate of drug-likeness (QED) is 0.378. The molecule has 1 N–H and O–H groups in total. The van der Waals surface area contributed by atoms with Gasteiger partial charge in [-0.1, -0.05) is 6.07 Å². The minimum Gasteiger partial charge on any atom is -0.356 e. The third kappa shape index (κ3) is 5.77. The van der Waals surface area contributed by atoms with Crippen molar-refractivity contribution in [3.8, 4) is 0 Å². The number of aromatic nitrogens is 1. The van der Waals surface area contributed by atoms with Gasteiger partial charge in [-0.15, -0.1) is 24.0 Å². The van der Waals surface area contributed by atoms with E-state index in [-0.39, 0.29) is 29.8 Å². The van der Waals surface area contributed by atoms with Gasteiger partial charge in [-0.25, -0.2) is 4.39 Å². The lowest BCUT2D eigenvalue weighted by Gasteiger charge is -2.22. The van der Waals surface area contributed by atoms with Gasteiger partial charge in [0.25, 0.3) is 0 Å². The second-order valence-electron chi connectivity index (χ2n) is 5.44. The highest BCUT2D eigenvalue weighted by molar-refractivity contribution is 14.0. The Bertz CT molecular complexity index is 687. The van der Waals surface area contributed by atoms with Crippen LogP contribution in [0.3, 0.4) is 0 Å². The monoisotopic (exact) mass is 508 g/mol. The van der Waals surface area contributed by atoms with Gasteiger partial charge in [0, 0.05) is 39.6 Å². The zero-order valence-corrected chi connectivity index (χ0v) is 18.0. The molecule has 0 amide bonds. The number of nitrogens with zero attached hydrogens (tertiary/aromatic N) is 3. The largest absolute Gasteiger partial charge is 0.356 e. The summed E-state index contributed by atoms with van der Waals surface area (Å²) in [5.74, 6) is 0.604. The Morgan fingerprint density at radius 3 is 2.71 bits per heavy atom. The molecule has 0 radical (unpaired) electrons. The predicted octanol–water partition coefficient (Wildman–Crippen LogP) is 3.79. The van der Waals surface area contributed by atoms with E-state index < -0.39 is 0 Å². The Hall–Kier alpha value is -1.09. The van der Waals surface area contributed by atoms with Gasteiger partial charge < -0.3 is 14.8 Å². The van der Waals surface area contributed by atoms with Crippen molar-refractivity contribution < 1.29 is 4.39 Å². The normalized spacial score (nSPS) is 11.1. The number of nitrogens with one attached hydrogen (secondary N) is 1. The minimum atomic E-state index is -0.236. The van der Waals surface area contributed by atoms with Gasteiger partial charge >= 0.3 is 0 Å². The maximum atomic E-state index is 13.2. The van der Waals surface area contributed by atoms with Crippen LogP contribution < -0.4 is 5.32 Å². The molecular formula is C17H23BrFIN4. The van der Waals surface area contributed by atoms with E-state index in [0.29, 0.717) is 4.47 Å². The maximum Gasteiger partial charge on any atom is 0.193 e. The van der Waals surface area contributed by atoms with E-state index in [1.807, 2.05) is 32.4 Å². The SMILES string of the molecule is CN=C(NCCc1ccc(F)c(Br)c1)N(C)Cc1cccn1C.I. The Kier molecular flexibility index (Phi) is 8.75. The van der Waals surface area contributed by atoms with Gasteiger partial charge in [0.1, 0.15) is 5.82 Å². The van der Waals surface area contributed by atoms with Crippen LogP contribution in [0.1, 0.15) is 11.3 Å². The fraction of sp³-hybridized carbons (Fsp3) is 0.353. The Balaban J connectivity index is 0.00000288. The number of rotatable bonds is 5. The first kappa shape index (κ1) is 21.0. The van der Waals surface area contributed by atoms with Gasteiger partial charge in [0.2, 0.25) is 0 Å². The van der Waals surface area contributed by atoms with Crippen molar-refractivity contribution >= 4 is 45.9 Å². The molecule has 0 spiro atoms. The number of halogens is 3. The first-order valence-electron chi connectivity index (χ1n) is 7.47. The third-order valence-electron chi connectivity index (χ3n) is 3.70. The van der Waals surface area contributed by atoms with Crippen molar-refractivity contribution in [2.75, 3.05) is 20.6 Å². The summed E-state index contributed by atoms with van der Waals surface area (Å²) in [7, 11) is 5.82. The predicted molar refractivity (Wildman–Crippen MR) is 111 cm³/mol. The van der Waals surface area contributed by atoms with Gasteiger partial charge in [-0.05, 0) is 52.2 Å². The van der Waals surface area contributed by atoms with E-state index in [4.69, 9.17) is 0 Å².